The van der Waals surface area contributed by atoms with Crippen LogP contribution in [0.3, 0.4) is 0 Å². The Hall–Kier alpha value is -1.89. The minimum atomic E-state index is 0.467. The minimum Gasteiger partial charge on any atom is -0.257 e. The van der Waals surface area contributed by atoms with Crippen LogP contribution in [0.1, 0.15) is 29.2 Å². The van der Waals surface area contributed by atoms with Crippen LogP contribution in [0.15, 0.2) is 54.7 Å². The summed E-state index contributed by atoms with van der Waals surface area (Å²) < 4.78 is 0. The van der Waals surface area contributed by atoms with E-state index in [0.29, 0.717) is 5.92 Å². The molecule has 0 unspecified atom stereocenters. The quantitative estimate of drug-likeness (QED) is 0.695. The van der Waals surface area contributed by atoms with Crippen LogP contribution in [-0.2, 0) is 0 Å². The fourth-order valence-corrected chi connectivity index (χ4v) is 2.31. The van der Waals surface area contributed by atoms with Crippen molar-refractivity contribution in [3.8, 4) is 0 Å². The van der Waals surface area contributed by atoms with Crippen molar-refractivity contribution in [2.24, 2.45) is 0 Å². The zero-order chi connectivity index (χ0) is 10.8. The van der Waals surface area contributed by atoms with Gasteiger partial charge in [-0.15, -0.1) is 0 Å². The molecule has 1 aromatic heterocycles. The summed E-state index contributed by atoms with van der Waals surface area (Å²) in [7, 11) is 0. The molecule has 1 nitrogen and oxygen atoms in total. The van der Waals surface area contributed by atoms with Crippen molar-refractivity contribution >= 4 is 6.08 Å². The number of hydrogen-bond acceptors (Lipinski definition) is 1. The van der Waals surface area contributed by atoms with Crippen molar-refractivity contribution in [3.05, 3.63) is 71.6 Å². The van der Waals surface area contributed by atoms with Gasteiger partial charge >= 0.3 is 0 Å². The van der Waals surface area contributed by atoms with Gasteiger partial charge in [0.15, 0.2) is 0 Å². The molecule has 0 spiro atoms. The summed E-state index contributed by atoms with van der Waals surface area (Å²) in [5.74, 6) is 0.467. The van der Waals surface area contributed by atoms with Gasteiger partial charge in [0.2, 0.25) is 0 Å². The molecule has 78 valence electrons. The number of nitrogens with zero attached hydrogens (tertiary/aromatic N) is 1. The number of aromatic nitrogens is 1. The normalized spacial score (nSPS) is 18.1. The second-order valence-corrected chi connectivity index (χ2v) is 4.08. The van der Waals surface area contributed by atoms with Crippen LogP contribution in [0.2, 0.25) is 0 Å². The highest BCUT2D eigenvalue weighted by molar-refractivity contribution is 5.55. The molecule has 0 saturated heterocycles. The van der Waals surface area contributed by atoms with Crippen LogP contribution >= 0.6 is 0 Å². The molecule has 0 aliphatic heterocycles. The van der Waals surface area contributed by atoms with Crippen molar-refractivity contribution in [3.63, 3.8) is 0 Å². The Kier molecular flexibility index (Phi) is 2.30. The zero-order valence-electron chi connectivity index (χ0n) is 9.01. The average molecular weight is 207 g/mol. The molecule has 16 heavy (non-hydrogen) atoms. The van der Waals surface area contributed by atoms with E-state index < -0.39 is 0 Å². The van der Waals surface area contributed by atoms with Gasteiger partial charge in [-0.25, -0.2) is 0 Å². The van der Waals surface area contributed by atoms with Crippen LogP contribution in [-0.4, -0.2) is 4.98 Å². The molecule has 1 heteroatoms. The molecule has 0 saturated carbocycles. The van der Waals surface area contributed by atoms with Crippen LogP contribution in [0.25, 0.3) is 6.08 Å². The first-order valence-electron chi connectivity index (χ1n) is 5.61. The van der Waals surface area contributed by atoms with Gasteiger partial charge in [-0.1, -0.05) is 42.5 Å². The van der Waals surface area contributed by atoms with Crippen molar-refractivity contribution < 1.29 is 0 Å². The number of benzene rings is 1. The number of hydrogen-bond donors (Lipinski definition) is 0. The van der Waals surface area contributed by atoms with E-state index >= 15 is 0 Å². The van der Waals surface area contributed by atoms with Crippen LogP contribution in [0, 0.1) is 0 Å². The molecule has 1 aliphatic rings. The summed E-state index contributed by atoms with van der Waals surface area (Å²) in [6.07, 6.45) is 7.26. The highest BCUT2D eigenvalue weighted by atomic mass is 14.7. The molecule has 0 amide bonds. The van der Waals surface area contributed by atoms with Crippen molar-refractivity contribution in [2.45, 2.75) is 12.3 Å². The Morgan fingerprint density at radius 1 is 1.00 bits per heavy atom. The highest BCUT2D eigenvalue weighted by Crippen LogP contribution is 2.33. The summed E-state index contributed by atoms with van der Waals surface area (Å²) in [5.41, 5.74) is 3.83. The Morgan fingerprint density at radius 3 is 2.75 bits per heavy atom. The average Bonchev–Trinajstić information content (AvgIpc) is 2.39. The van der Waals surface area contributed by atoms with Gasteiger partial charge in [0.25, 0.3) is 0 Å². The Balaban J connectivity index is 2.09. The molecule has 0 bridgehead atoms. The first kappa shape index (κ1) is 9.34. The third-order valence-electron chi connectivity index (χ3n) is 3.10. The topological polar surface area (TPSA) is 12.9 Å². The predicted octanol–water partition coefficient (Wildman–Crippen LogP) is 3.63. The molecule has 0 N–H and O–H groups in total. The molecular formula is C15H13N. The lowest BCUT2D eigenvalue weighted by Crippen LogP contribution is -2.06. The lowest BCUT2D eigenvalue weighted by Gasteiger charge is -2.21. The van der Waals surface area contributed by atoms with Gasteiger partial charge in [0, 0.05) is 12.1 Å². The monoisotopic (exact) mass is 207 g/mol. The van der Waals surface area contributed by atoms with E-state index in [2.05, 4.69) is 53.5 Å². The molecule has 0 fully saturated rings. The summed E-state index contributed by atoms with van der Waals surface area (Å²) in [5, 5.41) is 0. The third kappa shape index (κ3) is 1.54. The summed E-state index contributed by atoms with van der Waals surface area (Å²) in [4.78, 5) is 4.41. The molecule has 1 atom stereocenters. The van der Waals surface area contributed by atoms with Crippen molar-refractivity contribution in [2.75, 3.05) is 0 Å². The third-order valence-corrected chi connectivity index (χ3v) is 3.10. The molecule has 0 radical (unpaired) electrons. The fraction of sp³-hybridized carbons (Fsp3) is 0.133. The minimum absolute atomic E-state index is 0.467. The van der Waals surface area contributed by atoms with Crippen molar-refractivity contribution in [1.29, 1.82) is 0 Å². The Labute approximate surface area is 95.5 Å². The standard InChI is InChI=1S/C15H13N/c1-2-6-12(7-3-1)13-8-4-10-15-14(13)9-5-11-16-15/h1-7,9-11,13H,8H2/t13-/m1/s1. The van der Waals surface area contributed by atoms with E-state index in [9.17, 15) is 0 Å². The maximum absolute atomic E-state index is 4.41. The highest BCUT2D eigenvalue weighted by Gasteiger charge is 2.18. The molecule has 2 aromatic rings. The molecule has 1 aliphatic carbocycles. The fourth-order valence-electron chi connectivity index (χ4n) is 2.31. The van der Waals surface area contributed by atoms with Gasteiger partial charge in [-0.2, -0.15) is 0 Å². The van der Waals surface area contributed by atoms with E-state index in [1.807, 2.05) is 12.3 Å². The Morgan fingerprint density at radius 2 is 1.88 bits per heavy atom. The maximum Gasteiger partial charge on any atom is 0.0664 e. The second kappa shape index (κ2) is 3.93. The summed E-state index contributed by atoms with van der Waals surface area (Å²) in [6, 6.07) is 14.9. The Bertz CT molecular complexity index is 514. The van der Waals surface area contributed by atoms with Gasteiger partial charge in [-0.05, 0) is 29.7 Å². The second-order valence-electron chi connectivity index (χ2n) is 4.08. The maximum atomic E-state index is 4.41. The van der Waals surface area contributed by atoms with Gasteiger partial charge < -0.3 is 0 Å². The van der Waals surface area contributed by atoms with Crippen molar-refractivity contribution in [1.82, 2.24) is 4.98 Å². The molecule has 3 rings (SSSR count). The van der Waals surface area contributed by atoms with E-state index in [1.54, 1.807) is 0 Å². The number of fused-ring (bicyclic) bond motifs is 1. The SMILES string of the molecule is C1=Cc2ncccc2[C@@H](c2ccccc2)C1. The lowest BCUT2D eigenvalue weighted by atomic mass is 9.84. The van der Waals surface area contributed by atoms with E-state index in [0.717, 1.165) is 12.1 Å². The van der Waals surface area contributed by atoms with Crippen LogP contribution in [0.5, 0.6) is 0 Å². The predicted molar refractivity (Wildman–Crippen MR) is 66.2 cm³/mol. The number of allylic oxidation sites excluding steroid dienone is 1. The van der Waals surface area contributed by atoms with Crippen LogP contribution < -0.4 is 0 Å². The zero-order valence-corrected chi connectivity index (χ0v) is 9.01. The number of rotatable bonds is 1. The number of pyridine rings is 1. The van der Waals surface area contributed by atoms with Gasteiger partial charge in [0.1, 0.15) is 0 Å². The first-order valence-corrected chi connectivity index (χ1v) is 5.61. The van der Waals surface area contributed by atoms with Crippen LogP contribution in [0.4, 0.5) is 0 Å². The molecule has 1 heterocycles. The largest absolute Gasteiger partial charge is 0.257 e. The van der Waals surface area contributed by atoms with Gasteiger partial charge in [0.05, 0.1) is 5.69 Å². The van der Waals surface area contributed by atoms with Gasteiger partial charge in [-0.3, -0.25) is 4.98 Å². The lowest BCUT2D eigenvalue weighted by molar-refractivity contribution is 0.810. The molecule has 1 aromatic carbocycles. The molecular weight excluding hydrogens is 194 g/mol. The van der Waals surface area contributed by atoms with E-state index in [1.165, 1.54) is 11.1 Å². The van der Waals surface area contributed by atoms with E-state index in [4.69, 9.17) is 0 Å². The van der Waals surface area contributed by atoms with E-state index in [-0.39, 0.29) is 0 Å². The summed E-state index contributed by atoms with van der Waals surface area (Å²) in [6.45, 7) is 0. The smallest absolute Gasteiger partial charge is 0.0664 e. The first-order chi connectivity index (χ1) is 7.95. The summed E-state index contributed by atoms with van der Waals surface area (Å²) >= 11 is 0.